The SMILES string of the molecule is NC1C=C(Cl)NC(Cl)=N1. The molecule has 1 atom stereocenters. The van der Waals surface area contributed by atoms with E-state index in [9.17, 15) is 0 Å². The zero-order chi connectivity index (χ0) is 6.85. The number of aliphatic imine (C=N–C) groups is 1. The van der Waals surface area contributed by atoms with E-state index in [0.717, 1.165) is 0 Å². The van der Waals surface area contributed by atoms with Crippen LogP contribution in [0.2, 0.25) is 0 Å². The summed E-state index contributed by atoms with van der Waals surface area (Å²) in [5, 5.41) is 3.22. The van der Waals surface area contributed by atoms with Crippen LogP contribution in [0.3, 0.4) is 0 Å². The molecule has 0 aromatic rings. The molecule has 0 fully saturated rings. The van der Waals surface area contributed by atoms with Gasteiger partial charge in [-0.25, -0.2) is 4.99 Å². The highest BCUT2D eigenvalue weighted by Crippen LogP contribution is 2.05. The first kappa shape index (κ1) is 6.86. The third-order valence-corrected chi connectivity index (χ3v) is 1.21. The summed E-state index contributed by atoms with van der Waals surface area (Å²) in [7, 11) is 0. The molecule has 0 saturated carbocycles. The van der Waals surface area contributed by atoms with E-state index < -0.39 is 6.17 Å². The fourth-order valence-corrected chi connectivity index (χ4v) is 0.972. The molecule has 0 spiro atoms. The number of nitrogens with zero attached hydrogens (tertiary/aromatic N) is 1. The molecule has 9 heavy (non-hydrogen) atoms. The molecule has 0 radical (unpaired) electrons. The smallest absolute Gasteiger partial charge is 0.198 e. The third-order valence-electron chi connectivity index (χ3n) is 0.802. The van der Waals surface area contributed by atoms with Crippen LogP contribution in [0.15, 0.2) is 16.2 Å². The molecule has 1 heterocycles. The minimum absolute atomic E-state index is 0.231. The largest absolute Gasteiger partial charge is 0.321 e. The summed E-state index contributed by atoms with van der Waals surface area (Å²) in [6, 6.07) is 0. The van der Waals surface area contributed by atoms with Crippen LogP contribution in [0.4, 0.5) is 0 Å². The Morgan fingerprint density at radius 3 is 2.78 bits per heavy atom. The number of rotatable bonds is 0. The van der Waals surface area contributed by atoms with Crippen molar-refractivity contribution >= 4 is 28.5 Å². The maximum Gasteiger partial charge on any atom is 0.198 e. The summed E-state index contributed by atoms with van der Waals surface area (Å²) in [6.45, 7) is 0. The van der Waals surface area contributed by atoms with Crippen LogP contribution in [0.5, 0.6) is 0 Å². The van der Waals surface area contributed by atoms with Crippen LogP contribution in [-0.2, 0) is 0 Å². The zero-order valence-corrected chi connectivity index (χ0v) is 5.95. The van der Waals surface area contributed by atoms with Gasteiger partial charge in [-0.3, -0.25) is 0 Å². The van der Waals surface area contributed by atoms with Crippen molar-refractivity contribution in [1.29, 1.82) is 0 Å². The van der Waals surface area contributed by atoms with Gasteiger partial charge in [0.05, 0.1) is 0 Å². The maximum atomic E-state index is 5.51. The molecule has 0 amide bonds. The van der Waals surface area contributed by atoms with Gasteiger partial charge in [0.25, 0.3) is 0 Å². The third kappa shape index (κ3) is 1.86. The fourth-order valence-electron chi connectivity index (χ4n) is 0.491. The van der Waals surface area contributed by atoms with Crippen molar-refractivity contribution < 1.29 is 0 Å². The number of nitrogens with one attached hydrogen (secondary N) is 1. The molecule has 3 N–H and O–H groups in total. The van der Waals surface area contributed by atoms with E-state index in [1.54, 1.807) is 6.08 Å². The summed E-state index contributed by atoms with van der Waals surface area (Å²) in [4.78, 5) is 3.72. The van der Waals surface area contributed by atoms with Gasteiger partial charge < -0.3 is 11.1 Å². The summed E-state index contributed by atoms with van der Waals surface area (Å²) < 4.78 is 0. The zero-order valence-electron chi connectivity index (χ0n) is 4.44. The van der Waals surface area contributed by atoms with E-state index in [1.807, 2.05) is 0 Å². The number of halogens is 2. The van der Waals surface area contributed by atoms with Crippen molar-refractivity contribution in [3.05, 3.63) is 11.2 Å². The molecular weight excluding hydrogens is 161 g/mol. The highest BCUT2D eigenvalue weighted by molar-refractivity contribution is 6.65. The van der Waals surface area contributed by atoms with Crippen molar-refractivity contribution in [2.24, 2.45) is 10.7 Å². The van der Waals surface area contributed by atoms with Crippen molar-refractivity contribution in [2.45, 2.75) is 6.17 Å². The fraction of sp³-hybridized carbons (Fsp3) is 0.250. The Morgan fingerprint density at radius 2 is 2.33 bits per heavy atom. The Hall–Kier alpha value is -0.250. The molecule has 1 aliphatic rings. The minimum Gasteiger partial charge on any atom is -0.321 e. The van der Waals surface area contributed by atoms with E-state index in [1.165, 1.54) is 0 Å². The van der Waals surface area contributed by atoms with E-state index in [-0.39, 0.29) is 5.29 Å². The Balaban J connectivity index is 2.69. The maximum absolute atomic E-state index is 5.51. The molecule has 5 heteroatoms. The Morgan fingerprint density at radius 1 is 1.67 bits per heavy atom. The van der Waals surface area contributed by atoms with E-state index in [2.05, 4.69) is 10.3 Å². The first-order chi connectivity index (χ1) is 4.18. The summed E-state index contributed by atoms with van der Waals surface area (Å²) in [5.74, 6) is 0. The summed E-state index contributed by atoms with van der Waals surface area (Å²) in [5.41, 5.74) is 5.34. The second kappa shape index (κ2) is 2.56. The van der Waals surface area contributed by atoms with Crippen LogP contribution in [-0.4, -0.2) is 11.5 Å². The average Bonchev–Trinajstić information content (AvgIpc) is 1.59. The molecular formula is C4H5Cl2N3. The molecule has 1 aliphatic heterocycles. The second-order valence-electron chi connectivity index (χ2n) is 1.55. The first-order valence-electron chi connectivity index (χ1n) is 2.32. The highest BCUT2D eigenvalue weighted by Gasteiger charge is 2.06. The summed E-state index contributed by atoms with van der Waals surface area (Å²) in [6.07, 6.45) is 1.15. The number of hydrogen-bond acceptors (Lipinski definition) is 3. The van der Waals surface area contributed by atoms with Gasteiger partial charge >= 0.3 is 0 Å². The van der Waals surface area contributed by atoms with E-state index in [0.29, 0.717) is 5.16 Å². The minimum atomic E-state index is -0.411. The van der Waals surface area contributed by atoms with Gasteiger partial charge in [0.1, 0.15) is 11.3 Å². The van der Waals surface area contributed by atoms with Crippen LogP contribution in [0, 0.1) is 0 Å². The van der Waals surface area contributed by atoms with Crippen LogP contribution in [0.25, 0.3) is 0 Å². The Bertz CT molecular complexity index is 157. The van der Waals surface area contributed by atoms with Crippen molar-refractivity contribution in [1.82, 2.24) is 5.32 Å². The molecule has 3 nitrogen and oxygen atoms in total. The lowest BCUT2D eigenvalue weighted by Gasteiger charge is -2.10. The topological polar surface area (TPSA) is 50.4 Å². The van der Waals surface area contributed by atoms with Gasteiger partial charge in [-0.1, -0.05) is 11.6 Å². The normalized spacial score (nSPS) is 26.3. The van der Waals surface area contributed by atoms with Crippen LogP contribution < -0.4 is 11.1 Å². The Labute approximate surface area is 62.5 Å². The van der Waals surface area contributed by atoms with Crippen molar-refractivity contribution in [3.8, 4) is 0 Å². The van der Waals surface area contributed by atoms with Gasteiger partial charge in [-0.2, -0.15) is 0 Å². The van der Waals surface area contributed by atoms with E-state index in [4.69, 9.17) is 28.9 Å². The molecule has 0 aromatic carbocycles. The number of amidine groups is 1. The van der Waals surface area contributed by atoms with Gasteiger partial charge in [-0.15, -0.1) is 0 Å². The predicted octanol–water partition coefficient (Wildman–Crippen LogP) is 0.549. The predicted molar refractivity (Wildman–Crippen MR) is 38.3 cm³/mol. The van der Waals surface area contributed by atoms with Gasteiger partial charge in [0, 0.05) is 0 Å². The first-order valence-corrected chi connectivity index (χ1v) is 3.07. The molecule has 0 aliphatic carbocycles. The Kier molecular flexibility index (Phi) is 1.95. The molecule has 1 unspecified atom stereocenters. The number of hydrogen-bond donors (Lipinski definition) is 2. The van der Waals surface area contributed by atoms with Gasteiger partial charge in [0.2, 0.25) is 0 Å². The molecule has 0 bridgehead atoms. The molecule has 0 aromatic heterocycles. The average molecular weight is 166 g/mol. The van der Waals surface area contributed by atoms with E-state index >= 15 is 0 Å². The lowest BCUT2D eigenvalue weighted by molar-refractivity contribution is 0.844. The molecule has 0 saturated heterocycles. The quantitative estimate of drug-likeness (QED) is 0.516. The lowest BCUT2D eigenvalue weighted by Crippen LogP contribution is -2.27. The van der Waals surface area contributed by atoms with Crippen LogP contribution >= 0.6 is 23.2 Å². The monoisotopic (exact) mass is 165 g/mol. The van der Waals surface area contributed by atoms with Gasteiger partial charge in [0.15, 0.2) is 5.29 Å². The highest BCUT2D eigenvalue weighted by atomic mass is 35.5. The lowest BCUT2D eigenvalue weighted by atomic mass is 10.5. The molecule has 1 rings (SSSR count). The van der Waals surface area contributed by atoms with Gasteiger partial charge in [-0.05, 0) is 17.7 Å². The number of nitrogens with two attached hydrogens (primary N) is 1. The van der Waals surface area contributed by atoms with Crippen molar-refractivity contribution in [2.75, 3.05) is 0 Å². The molecule has 50 valence electrons. The van der Waals surface area contributed by atoms with Crippen molar-refractivity contribution in [3.63, 3.8) is 0 Å². The summed E-state index contributed by atoms with van der Waals surface area (Å²) >= 11 is 11.0. The van der Waals surface area contributed by atoms with Crippen LogP contribution in [0.1, 0.15) is 0 Å². The standard InChI is InChI=1S/C4H5Cl2N3/c5-2-1-3(7)9-4(6)8-2/h1,3H,7H2,(H,8,9). The second-order valence-corrected chi connectivity index (χ2v) is 2.32.